The molecule has 24 heavy (non-hydrogen) atoms. The van der Waals surface area contributed by atoms with E-state index in [1.54, 1.807) is 0 Å². The van der Waals surface area contributed by atoms with Crippen molar-refractivity contribution in [3.05, 3.63) is 63.7 Å². The van der Waals surface area contributed by atoms with E-state index in [1.807, 2.05) is 36.4 Å². The maximum absolute atomic E-state index is 6.23. The molecule has 0 fully saturated rings. The summed E-state index contributed by atoms with van der Waals surface area (Å²) in [7, 11) is 2.12. The van der Waals surface area contributed by atoms with Gasteiger partial charge >= 0.3 is 0 Å². The average Bonchev–Trinajstić information content (AvgIpc) is 2.72. The van der Waals surface area contributed by atoms with Crippen molar-refractivity contribution in [2.45, 2.75) is 6.42 Å². The van der Waals surface area contributed by atoms with Gasteiger partial charge in [0.05, 0.1) is 5.71 Å². The quantitative estimate of drug-likeness (QED) is 0.673. The highest BCUT2D eigenvalue weighted by Gasteiger charge is 2.23. The summed E-state index contributed by atoms with van der Waals surface area (Å²) in [6.07, 6.45) is 3.17. The van der Waals surface area contributed by atoms with Gasteiger partial charge in [0.2, 0.25) is 0 Å². The summed E-state index contributed by atoms with van der Waals surface area (Å²) >= 11 is 12.4. The lowest BCUT2D eigenvalue weighted by Crippen LogP contribution is -2.26. The summed E-state index contributed by atoms with van der Waals surface area (Å²) in [5.74, 6) is 1.46. The number of rotatable bonds is 1. The Morgan fingerprint density at radius 1 is 1.04 bits per heavy atom. The fraction of sp³-hybridized carbons (Fsp3) is 0.211. The number of hydrogen-bond donors (Lipinski definition) is 0. The minimum Gasteiger partial charge on any atom is -0.454 e. The molecule has 2 aromatic rings. The summed E-state index contributed by atoms with van der Waals surface area (Å²) in [6, 6.07) is 11.1. The molecule has 0 atom stereocenters. The Labute approximate surface area is 151 Å². The smallest absolute Gasteiger partial charge is 0.153 e. The van der Waals surface area contributed by atoms with Crippen LogP contribution in [0.1, 0.15) is 12.0 Å². The Morgan fingerprint density at radius 3 is 2.54 bits per heavy atom. The Kier molecular flexibility index (Phi) is 4.09. The van der Waals surface area contributed by atoms with Gasteiger partial charge in [0.25, 0.3) is 0 Å². The van der Waals surface area contributed by atoms with Gasteiger partial charge in [-0.15, -0.1) is 0 Å². The number of aliphatic imine (C=N–C) groups is 1. The van der Waals surface area contributed by atoms with Crippen LogP contribution in [0.2, 0.25) is 10.0 Å². The molecule has 0 saturated carbocycles. The number of halogens is 2. The first-order valence-corrected chi connectivity index (χ1v) is 8.60. The molecular weight excluding hydrogens is 343 g/mol. The molecule has 0 amide bonds. The molecule has 2 aliphatic heterocycles. The first-order chi connectivity index (χ1) is 11.6. The van der Waals surface area contributed by atoms with E-state index in [4.69, 9.17) is 32.9 Å². The molecule has 3 nitrogen and oxygen atoms in total. The second-order valence-corrected chi connectivity index (χ2v) is 6.93. The Morgan fingerprint density at radius 2 is 1.79 bits per heavy atom. The Balaban J connectivity index is 1.92. The van der Waals surface area contributed by atoms with E-state index in [2.05, 4.69) is 18.0 Å². The van der Waals surface area contributed by atoms with Crippen LogP contribution in [-0.2, 0) is 0 Å². The SMILES string of the molecule is CN1CC=C(C2=Nc3cc(Cl)ccc3Oc3ccc(Cl)cc32)CC1. The van der Waals surface area contributed by atoms with Crippen LogP contribution in [-0.4, -0.2) is 30.7 Å². The molecule has 2 heterocycles. The van der Waals surface area contributed by atoms with Crippen molar-refractivity contribution in [3.8, 4) is 11.5 Å². The highest BCUT2D eigenvalue weighted by molar-refractivity contribution is 6.32. The molecule has 2 aliphatic rings. The predicted octanol–water partition coefficient (Wildman–Crippen LogP) is 5.48. The lowest BCUT2D eigenvalue weighted by molar-refractivity contribution is 0.362. The zero-order valence-corrected chi connectivity index (χ0v) is 14.7. The topological polar surface area (TPSA) is 24.8 Å². The molecule has 0 aliphatic carbocycles. The van der Waals surface area contributed by atoms with Gasteiger partial charge in [-0.25, -0.2) is 4.99 Å². The summed E-state index contributed by atoms with van der Waals surface area (Å²) < 4.78 is 6.09. The van der Waals surface area contributed by atoms with Gasteiger partial charge in [-0.05, 0) is 55.4 Å². The molecule has 122 valence electrons. The van der Waals surface area contributed by atoms with Crippen LogP contribution >= 0.6 is 23.2 Å². The zero-order chi connectivity index (χ0) is 16.7. The molecule has 5 heteroatoms. The van der Waals surface area contributed by atoms with E-state index < -0.39 is 0 Å². The van der Waals surface area contributed by atoms with Gasteiger partial charge in [0.1, 0.15) is 11.4 Å². The van der Waals surface area contributed by atoms with E-state index in [0.29, 0.717) is 15.8 Å². The van der Waals surface area contributed by atoms with Crippen molar-refractivity contribution in [1.82, 2.24) is 4.90 Å². The molecule has 0 N–H and O–H groups in total. The van der Waals surface area contributed by atoms with E-state index >= 15 is 0 Å². The fourth-order valence-electron chi connectivity index (χ4n) is 2.97. The van der Waals surface area contributed by atoms with Crippen molar-refractivity contribution < 1.29 is 4.74 Å². The fourth-order valence-corrected chi connectivity index (χ4v) is 3.31. The van der Waals surface area contributed by atoms with Crippen molar-refractivity contribution in [2.24, 2.45) is 4.99 Å². The number of likely N-dealkylation sites (N-methyl/N-ethyl adjacent to an activating group) is 1. The predicted molar refractivity (Wildman–Crippen MR) is 99.4 cm³/mol. The second-order valence-electron chi connectivity index (χ2n) is 6.06. The van der Waals surface area contributed by atoms with Gasteiger partial charge in [-0.3, -0.25) is 0 Å². The summed E-state index contributed by atoms with van der Waals surface area (Å²) in [4.78, 5) is 7.17. The number of hydrogen-bond acceptors (Lipinski definition) is 3. The molecule has 0 saturated heterocycles. The Bertz CT molecular complexity index is 874. The first kappa shape index (κ1) is 15.7. The molecule has 0 spiro atoms. The molecule has 4 rings (SSSR count). The number of fused-ring (bicyclic) bond motifs is 2. The maximum atomic E-state index is 6.23. The van der Waals surface area contributed by atoms with Crippen LogP contribution in [0.5, 0.6) is 11.5 Å². The molecule has 0 radical (unpaired) electrons. The van der Waals surface area contributed by atoms with Crippen molar-refractivity contribution in [1.29, 1.82) is 0 Å². The second kappa shape index (κ2) is 6.25. The molecule has 0 unspecified atom stereocenters. The van der Waals surface area contributed by atoms with Crippen molar-refractivity contribution in [2.75, 3.05) is 20.1 Å². The van der Waals surface area contributed by atoms with Gasteiger partial charge in [0.15, 0.2) is 5.75 Å². The summed E-state index contributed by atoms with van der Waals surface area (Å²) in [6.45, 7) is 1.91. The van der Waals surface area contributed by atoms with Gasteiger partial charge in [-0.2, -0.15) is 0 Å². The highest BCUT2D eigenvalue weighted by atomic mass is 35.5. The van der Waals surface area contributed by atoms with E-state index in [9.17, 15) is 0 Å². The molecule has 0 bridgehead atoms. The normalized spacial score (nSPS) is 17.1. The van der Waals surface area contributed by atoms with Crippen LogP contribution in [0.4, 0.5) is 5.69 Å². The standard InChI is InChI=1S/C19H16Cl2N2O/c1-23-8-6-12(7-9-23)19-15-10-13(20)2-4-17(15)24-18-5-3-14(21)11-16(18)22-19/h2-6,10-11H,7-9H2,1H3. The third kappa shape index (κ3) is 2.95. The van der Waals surface area contributed by atoms with Gasteiger partial charge in [0, 0.05) is 28.7 Å². The summed E-state index contributed by atoms with van der Waals surface area (Å²) in [5, 5.41) is 1.31. The third-order valence-electron chi connectivity index (χ3n) is 4.29. The number of nitrogens with zero attached hydrogens (tertiary/aromatic N) is 2. The molecule has 2 aromatic carbocycles. The lowest BCUT2D eigenvalue weighted by Gasteiger charge is -2.23. The number of ether oxygens (including phenoxy) is 1. The summed E-state index contributed by atoms with van der Waals surface area (Å²) in [5.41, 5.74) is 3.80. The van der Waals surface area contributed by atoms with Crippen LogP contribution < -0.4 is 4.74 Å². The maximum Gasteiger partial charge on any atom is 0.153 e. The zero-order valence-electron chi connectivity index (χ0n) is 13.2. The van der Waals surface area contributed by atoms with Crippen LogP contribution in [0.3, 0.4) is 0 Å². The van der Waals surface area contributed by atoms with Crippen molar-refractivity contribution >= 4 is 34.6 Å². The van der Waals surface area contributed by atoms with Crippen molar-refractivity contribution in [3.63, 3.8) is 0 Å². The van der Waals surface area contributed by atoms with Gasteiger partial charge < -0.3 is 9.64 Å². The Hall–Kier alpha value is -1.81. The monoisotopic (exact) mass is 358 g/mol. The third-order valence-corrected chi connectivity index (χ3v) is 4.76. The largest absolute Gasteiger partial charge is 0.454 e. The minimum atomic E-state index is 0.641. The van der Waals surface area contributed by atoms with E-state index in [-0.39, 0.29) is 0 Å². The lowest BCUT2D eigenvalue weighted by atomic mass is 9.96. The highest BCUT2D eigenvalue weighted by Crippen LogP contribution is 2.41. The van der Waals surface area contributed by atoms with Crippen LogP contribution in [0.25, 0.3) is 0 Å². The van der Waals surface area contributed by atoms with Crippen LogP contribution in [0.15, 0.2) is 53.0 Å². The van der Waals surface area contributed by atoms with E-state index in [1.165, 1.54) is 5.57 Å². The number of benzene rings is 2. The first-order valence-electron chi connectivity index (χ1n) is 7.84. The molecular formula is C19H16Cl2N2O. The average molecular weight is 359 g/mol. The minimum absolute atomic E-state index is 0.641. The van der Waals surface area contributed by atoms with Crippen LogP contribution in [0, 0.1) is 0 Å². The van der Waals surface area contributed by atoms with E-state index in [0.717, 1.165) is 42.2 Å². The molecule has 0 aromatic heterocycles. The van der Waals surface area contributed by atoms with Gasteiger partial charge in [-0.1, -0.05) is 29.3 Å².